The maximum absolute atomic E-state index is 5.28. The molecular weight excluding hydrogens is 346 g/mol. The summed E-state index contributed by atoms with van der Waals surface area (Å²) in [5, 5.41) is 3.18. The third-order valence-electron chi connectivity index (χ3n) is 2.95. The van der Waals surface area contributed by atoms with Gasteiger partial charge in [0, 0.05) is 4.47 Å². The van der Waals surface area contributed by atoms with Crippen LogP contribution in [-0.4, -0.2) is 14.8 Å². The highest BCUT2D eigenvalue weighted by molar-refractivity contribution is 9.10. The van der Waals surface area contributed by atoms with E-state index in [0.29, 0.717) is 4.77 Å². The summed E-state index contributed by atoms with van der Waals surface area (Å²) in [6, 6.07) is 17.9. The lowest BCUT2D eigenvalue weighted by atomic mass is 10.2. The quantitative estimate of drug-likeness (QED) is 0.678. The lowest BCUT2D eigenvalue weighted by Crippen LogP contribution is -1.95. The first-order valence-electron chi connectivity index (χ1n) is 6.40. The molecule has 1 aromatic heterocycles. The topological polar surface area (TPSA) is 33.6 Å². The number of benzene rings is 2. The Morgan fingerprint density at radius 1 is 1.00 bits per heavy atom. The van der Waals surface area contributed by atoms with Crippen LogP contribution >= 0.6 is 28.1 Å². The summed E-state index contributed by atoms with van der Waals surface area (Å²) < 4.78 is 3.36. The van der Waals surface area contributed by atoms with Crippen LogP contribution in [0.1, 0.15) is 11.4 Å². The van der Waals surface area contributed by atoms with E-state index in [1.54, 1.807) is 4.68 Å². The van der Waals surface area contributed by atoms with E-state index >= 15 is 0 Å². The second-order valence-corrected chi connectivity index (χ2v) is 5.73. The van der Waals surface area contributed by atoms with Gasteiger partial charge in [-0.2, -0.15) is 4.98 Å². The molecule has 0 saturated heterocycles. The van der Waals surface area contributed by atoms with Gasteiger partial charge in [0.05, 0.1) is 5.69 Å². The zero-order valence-corrected chi connectivity index (χ0v) is 13.4. The van der Waals surface area contributed by atoms with Crippen molar-refractivity contribution < 1.29 is 0 Å². The van der Waals surface area contributed by atoms with E-state index in [2.05, 4.69) is 26.0 Å². The Kier molecular flexibility index (Phi) is 4.13. The average molecular weight is 358 g/mol. The van der Waals surface area contributed by atoms with Crippen molar-refractivity contribution in [3.8, 4) is 5.69 Å². The minimum Gasteiger partial charge on any atom is -0.275 e. The number of aromatic nitrogens is 3. The smallest absolute Gasteiger partial charge is 0.221 e. The summed E-state index contributed by atoms with van der Waals surface area (Å²) in [5.74, 6) is 0.728. The molecule has 0 aliphatic carbocycles. The molecule has 5 heteroatoms. The third-order valence-corrected chi connectivity index (χ3v) is 3.75. The van der Waals surface area contributed by atoms with Gasteiger partial charge in [-0.25, -0.2) is 4.68 Å². The molecule has 104 valence electrons. The third kappa shape index (κ3) is 3.37. The highest BCUT2D eigenvalue weighted by Crippen LogP contribution is 2.13. The van der Waals surface area contributed by atoms with E-state index in [9.17, 15) is 0 Å². The number of rotatable bonds is 3. The van der Waals surface area contributed by atoms with E-state index < -0.39 is 0 Å². The molecule has 0 unspecified atom stereocenters. The molecule has 0 radical (unpaired) electrons. The number of hydrogen-bond donors (Lipinski definition) is 1. The van der Waals surface area contributed by atoms with E-state index in [1.807, 2.05) is 66.7 Å². The van der Waals surface area contributed by atoms with Gasteiger partial charge in [-0.1, -0.05) is 52.3 Å². The molecule has 2 aromatic carbocycles. The van der Waals surface area contributed by atoms with Crippen molar-refractivity contribution in [3.63, 3.8) is 0 Å². The summed E-state index contributed by atoms with van der Waals surface area (Å²) in [6.45, 7) is 0. The first kappa shape index (κ1) is 14.0. The van der Waals surface area contributed by atoms with Crippen molar-refractivity contribution in [3.05, 3.63) is 75.2 Å². The molecule has 0 spiro atoms. The molecular formula is C16H12BrN3S. The van der Waals surface area contributed by atoms with Crippen LogP contribution in [0.2, 0.25) is 0 Å². The molecule has 0 atom stereocenters. The summed E-state index contributed by atoms with van der Waals surface area (Å²) in [4.78, 5) is 4.35. The molecule has 3 rings (SSSR count). The Bertz CT molecular complexity index is 817. The molecule has 0 aliphatic heterocycles. The number of aromatic amines is 1. The lowest BCUT2D eigenvalue weighted by molar-refractivity contribution is 0.863. The van der Waals surface area contributed by atoms with Crippen molar-refractivity contribution in [2.24, 2.45) is 0 Å². The number of para-hydroxylation sites is 1. The summed E-state index contributed by atoms with van der Waals surface area (Å²) in [7, 11) is 0. The molecule has 1 N–H and O–H groups in total. The van der Waals surface area contributed by atoms with Crippen LogP contribution < -0.4 is 0 Å². The van der Waals surface area contributed by atoms with E-state index in [1.165, 1.54) is 0 Å². The minimum atomic E-state index is 0.511. The van der Waals surface area contributed by atoms with Crippen molar-refractivity contribution in [1.82, 2.24) is 14.8 Å². The fraction of sp³-hybridized carbons (Fsp3) is 0. The van der Waals surface area contributed by atoms with Crippen molar-refractivity contribution in [2.75, 3.05) is 0 Å². The number of nitrogens with one attached hydrogen (secondary N) is 1. The fourth-order valence-electron chi connectivity index (χ4n) is 1.92. The van der Waals surface area contributed by atoms with Gasteiger partial charge in [-0.3, -0.25) is 5.10 Å². The molecule has 0 fully saturated rings. The number of hydrogen-bond acceptors (Lipinski definition) is 2. The molecule has 0 saturated carbocycles. The van der Waals surface area contributed by atoms with Crippen LogP contribution in [0.25, 0.3) is 17.8 Å². The van der Waals surface area contributed by atoms with Gasteiger partial charge in [0.2, 0.25) is 4.77 Å². The zero-order valence-electron chi connectivity index (χ0n) is 11.0. The molecule has 3 aromatic rings. The Hall–Kier alpha value is -1.98. The molecule has 0 amide bonds. The zero-order chi connectivity index (χ0) is 14.7. The second kappa shape index (κ2) is 6.20. The van der Waals surface area contributed by atoms with Crippen molar-refractivity contribution in [2.45, 2.75) is 0 Å². The predicted molar refractivity (Wildman–Crippen MR) is 91.8 cm³/mol. The SMILES string of the molecule is S=c1nc(C=Cc2ccc(Br)cc2)[nH]n1-c1ccccc1. The predicted octanol–water partition coefficient (Wildman–Crippen LogP) is 4.86. The van der Waals surface area contributed by atoms with Gasteiger partial charge in [0.25, 0.3) is 0 Å². The standard InChI is InChI=1S/C16H12BrN3S/c17-13-9-6-12(7-10-13)8-11-15-18-16(21)20(19-15)14-4-2-1-3-5-14/h1-11H,(H,18,19,21). The molecule has 0 bridgehead atoms. The summed E-state index contributed by atoms with van der Waals surface area (Å²) in [5.41, 5.74) is 2.07. The first-order valence-corrected chi connectivity index (χ1v) is 7.61. The Labute approximate surface area is 136 Å². The summed E-state index contributed by atoms with van der Waals surface area (Å²) >= 11 is 8.70. The van der Waals surface area contributed by atoms with Crippen LogP contribution in [-0.2, 0) is 0 Å². The van der Waals surface area contributed by atoms with Gasteiger partial charge >= 0.3 is 0 Å². The molecule has 3 nitrogen and oxygen atoms in total. The largest absolute Gasteiger partial charge is 0.275 e. The summed E-state index contributed by atoms with van der Waals surface area (Å²) in [6.07, 6.45) is 3.91. The number of halogens is 1. The van der Waals surface area contributed by atoms with Gasteiger partial charge in [-0.05, 0) is 48.1 Å². The van der Waals surface area contributed by atoms with E-state index in [4.69, 9.17) is 12.2 Å². The van der Waals surface area contributed by atoms with Crippen molar-refractivity contribution in [1.29, 1.82) is 0 Å². The maximum Gasteiger partial charge on any atom is 0.221 e. The van der Waals surface area contributed by atoms with Gasteiger partial charge < -0.3 is 0 Å². The van der Waals surface area contributed by atoms with E-state index in [0.717, 1.165) is 21.5 Å². The normalized spacial score (nSPS) is 11.1. The van der Waals surface area contributed by atoms with Gasteiger partial charge in [-0.15, -0.1) is 0 Å². The highest BCUT2D eigenvalue weighted by atomic mass is 79.9. The number of H-pyrrole nitrogens is 1. The van der Waals surface area contributed by atoms with Crippen molar-refractivity contribution >= 4 is 40.3 Å². The van der Waals surface area contributed by atoms with Crippen LogP contribution in [0.3, 0.4) is 0 Å². The molecule has 1 heterocycles. The average Bonchev–Trinajstić information content (AvgIpc) is 2.89. The van der Waals surface area contributed by atoms with Crippen LogP contribution in [0.15, 0.2) is 59.1 Å². The number of nitrogens with zero attached hydrogens (tertiary/aromatic N) is 2. The Morgan fingerprint density at radius 2 is 1.71 bits per heavy atom. The second-order valence-electron chi connectivity index (χ2n) is 4.45. The van der Waals surface area contributed by atoms with E-state index in [-0.39, 0.29) is 0 Å². The van der Waals surface area contributed by atoms with Crippen LogP contribution in [0.5, 0.6) is 0 Å². The highest BCUT2D eigenvalue weighted by Gasteiger charge is 2.01. The minimum absolute atomic E-state index is 0.511. The van der Waals surface area contributed by atoms with Gasteiger partial charge in [0.1, 0.15) is 5.82 Å². The Morgan fingerprint density at radius 3 is 2.43 bits per heavy atom. The molecule has 21 heavy (non-hydrogen) atoms. The fourth-order valence-corrected chi connectivity index (χ4v) is 2.43. The van der Waals surface area contributed by atoms with Crippen LogP contribution in [0, 0.1) is 4.77 Å². The molecule has 0 aliphatic rings. The first-order chi connectivity index (χ1) is 10.2. The van der Waals surface area contributed by atoms with Gasteiger partial charge in [0.15, 0.2) is 0 Å². The monoisotopic (exact) mass is 357 g/mol. The Balaban J connectivity index is 1.88. The maximum atomic E-state index is 5.28. The lowest BCUT2D eigenvalue weighted by Gasteiger charge is -1.99. The van der Waals surface area contributed by atoms with Crippen LogP contribution in [0.4, 0.5) is 0 Å².